The molecule has 96 valence electrons. The van der Waals surface area contributed by atoms with E-state index in [0.29, 0.717) is 0 Å². The van der Waals surface area contributed by atoms with Gasteiger partial charge in [-0.25, -0.2) is 4.98 Å². The number of hydrogen-bond acceptors (Lipinski definition) is 5. The number of rotatable bonds is 3. The van der Waals surface area contributed by atoms with Crippen LogP contribution in [0.5, 0.6) is 5.75 Å². The van der Waals surface area contributed by atoms with E-state index in [-0.39, 0.29) is 0 Å². The van der Waals surface area contributed by atoms with Crippen molar-refractivity contribution in [2.75, 3.05) is 19.5 Å². The molecule has 0 amide bonds. The standard InChI is InChI=1S/C14H13N3OS/c1-15-12-8-16-6-5-10(12)14-17-11-4-3-9(18-2)7-13(11)19-14/h3-8,15H,1-2H3. The molecular formula is C14H13N3OS. The first-order valence-corrected chi connectivity index (χ1v) is 6.70. The van der Waals surface area contributed by atoms with Crippen LogP contribution in [0.3, 0.4) is 0 Å². The fourth-order valence-electron chi connectivity index (χ4n) is 1.93. The first-order valence-electron chi connectivity index (χ1n) is 5.88. The number of thiazole rings is 1. The summed E-state index contributed by atoms with van der Waals surface area (Å²) in [6, 6.07) is 7.89. The first kappa shape index (κ1) is 11.9. The molecule has 19 heavy (non-hydrogen) atoms. The fraction of sp³-hybridized carbons (Fsp3) is 0.143. The Morgan fingerprint density at radius 3 is 2.95 bits per heavy atom. The third-order valence-corrected chi connectivity index (χ3v) is 3.97. The summed E-state index contributed by atoms with van der Waals surface area (Å²) < 4.78 is 6.36. The summed E-state index contributed by atoms with van der Waals surface area (Å²) in [6.07, 6.45) is 3.59. The molecular weight excluding hydrogens is 258 g/mol. The molecule has 0 bridgehead atoms. The quantitative estimate of drug-likeness (QED) is 0.793. The summed E-state index contributed by atoms with van der Waals surface area (Å²) >= 11 is 1.65. The Labute approximate surface area is 115 Å². The molecule has 0 radical (unpaired) electrons. The Morgan fingerprint density at radius 1 is 1.26 bits per heavy atom. The Bertz CT molecular complexity index is 724. The zero-order valence-corrected chi connectivity index (χ0v) is 11.5. The number of fused-ring (bicyclic) bond motifs is 1. The summed E-state index contributed by atoms with van der Waals surface area (Å²) in [4.78, 5) is 8.78. The fourth-order valence-corrected chi connectivity index (χ4v) is 2.96. The molecule has 0 atom stereocenters. The first-order chi connectivity index (χ1) is 9.31. The maximum Gasteiger partial charge on any atom is 0.126 e. The van der Waals surface area contributed by atoms with E-state index in [1.54, 1.807) is 24.6 Å². The van der Waals surface area contributed by atoms with Crippen LogP contribution >= 0.6 is 11.3 Å². The highest BCUT2D eigenvalue weighted by atomic mass is 32.1. The van der Waals surface area contributed by atoms with Crippen molar-refractivity contribution in [3.8, 4) is 16.3 Å². The second-order valence-electron chi connectivity index (χ2n) is 4.02. The van der Waals surface area contributed by atoms with Crippen LogP contribution in [-0.2, 0) is 0 Å². The molecule has 0 aliphatic rings. The SMILES string of the molecule is CNc1cnccc1-c1nc2ccc(OC)cc2s1. The summed E-state index contributed by atoms with van der Waals surface area (Å²) in [6.45, 7) is 0. The van der Waals surface area contributed by atoms with Gasteiger partial charge in [-0.1, -0.05) is 0 Å². The Hall–Kier alpha value is -2.14. The molecule has 0 fully saturated rings. The molecule has 3 aromatic rings. The van der Waals surface area contributed by atoms with Crippen LogP contribution in [-0.4, -0.2) is 24.1 Å². The number of pyridine rings is 1. The van der Waals surface area contributed by atoms with Crippen LogP contribution in [0.2, 0.25) is 0 Å². The predicted molar refractivity (Wildman–Crippen MR) is 78.9 cm³/mol. The normalized spacial score (nSPS) is 10.6. The van der Waals surface area contributed by atoms with Gasteiger partial charge in [-0.2, -0.15) is 0 Å². The summed E-state index contributed by atoms with van der Waals surface area (Å²) in [7, 11) is 3.56. The third-order valence-electron chi connectivity index (χ3n) is 2.92. The Kier molecular flexibility index (Phi) is 3.05. The van der Waals surface area contributed by atoms with Crippen molar-refractivity contribution in [1.29, 1.82) is 0 Å². The van der Waals surface area contributed by atoms with Crippen LogP contribution in [0.25, 0.3) is 20.8 Å². The Balaban J connectivity index is 2.15. The summed E-state index contributed by atoms with van der Waals surface area (Å²) in [5.41, 5.74) is 3.03. The van der Waals surface area contributed by atoms with Gasteiger partial charge in [0.05, 0.1) is 29.2 Å². The lowest BCUT2D eigenvalue weighted by Gasteiger charge is -2.04. The van der Waals surface area contributed by atoms with Gasteiger partial charge in [0.1, 0.15) is 10.8 Å². The number of aromatic nitrogens is 2. The molecule has 0 saturated heterocycles. The molecule has 2 heterocycles. The topological polar surface area (TPSA) is 47.0 Å². The number of methoxy groups -OCH3 is 1. The molecule has 0 aliphatic carbocycles. The van der Waals surface area contributed by atoms with Crippen LogP contribution in [0.15, 0.2) is 36.7 Å². The predicted octanol–water partition coefficient (Wildman–Crippen LogP) is 3.41. The number of benzene rings is 1. The zero-order chi connectivity index (χ0) is 13.2. The van der Waals surface area contributed by atoms with Gasteiger partial charge in [0.2, 0.25) is 0 Å². The largest absolute Gasteiger partial charge is 0.497 e. The van der Waals surface area contributed by atoms with Crippen molar-refractivity contribution >= 4 is 27.2 Å². The van der Waals surface area contributed by atoms with Crippen LogP contribution in [0.1, 0.15) is 0 Å². The lowest BCUT2D eigenvalue weighted by atomic mass is 10.2. The van der Waals surface area contributed by atoms with Gasteiger partial charge in [0.15, 0.2) is 0 Å². The molecule has 3 rings (SSSR count). The van der Waals surface area contributed by atoms with Crippen molar-refractivity contribution in [2.45, 2.75) is 0 Å². The van der Waals surface area contributed by atoms with Crippen molar-refractivity contribution in [3.63, 3.8) is 0 Å². The van der Waals surface area contributed by atoms with E-state index in [0.717, 1.165) is 32.2 Å². The van der Waals surface area contributed by atoms with Crippen LogP contribution in [0.4, 0.5) is 5.69 Å². The highest BCUT2D eigenvalue weighted by molar-refractivity contribution is 7.21. The van der Waals surface area contributed by atoms with Crippen molar-refractivity contribution in [1.82, 2.24) is 9.97 Å². The van der Waals surface area contributed by atoms with Crippen molar-refractivity contribution in [3.05, 3.63) is 36.7 Å². The van der Waals surface area contributed by atoms with E-state index in [9.17, 15) is 0 Å². The maximum absolute atomic E-state index is 5.24. The van der Waals surface area contributed by atoms with E-state index in [2.05, 4.69) is 15.3 Å². The summed E-state index contributed by atoms with van der Waals surface area (Å²) in [5, 5.41) is 4.12. The number of nitrogens with zero attached hydrogens (tertiary/aromatic N) is 2. The molecule has 0 saturated carbocycles. The molecule has 1 aromatic carbocycles. The minimum atomic E-state index is 0.853. The second kappa shape index (κ2) is 4.85. The van der Waals surface area contributed by atoms with Crippen LogP contribution < -0.4 is 10.1 Å². The second-order valence-corrected chi connectivity index (χ2v) is 5.05. The number of hydrogen-bond donors (Lipinski definition) is 1. The minimum Gasteiger partial charge on any atom is -0.497 e. The van der Waals surface area contributed by atoms with E-state index in [1.807, 2.05) is 37.5 Å². The lowest BCUT2D eigenvalue weighted by Crippen LogP contribution is -1.92. The van der Waals surface area contributed by atoms with Gasteiger partial charge < -0.3 is 10.1 Å². The highest BCUT2D eigenvalue weighted by Crippen LogP contribution is 2.35. The number of anilines is 1. The maximum atomic E-state index is 5.24. The average Bonchev–Trinajstić information content (AvgIpc) is 2.89. The van der Waals surface area contributed by atoms with Crippen molar-refractivity contribution in [2.24, 2.45) is 0 Å². The lowest BCUT2D eigenvalue weighted by molar-refractivity contribution is 0.415. The van der Waals surface area contributed by atoms with Crippen molar-refractivity contribution < 1.29 is 4.74 Å². The van der Waals surface area contributed by atoms with Gasteiger partial charge in [-0.05, 0) is 24.3 Å². The Morgan fingerprint density at radius 2 is 2.16 bits per heavy atom. The smallest absolute Gasteiger partial charge is 0.126 e. The number of nitrogens with one attached hydrogen (secondary N) is 1. The molecule has 2 aromatic heterocycles. The minimum absolute atomic E-state index is 0.853. The van der Waals surface area contributed by atoms with E-state index >= 15 is 0 Å². The third kappa shape index (κ3) is 2.13. The van der Waals surface area contributed by atoms with Crippen LogP contribution in [0, 0.1) is 0 Å². The molecule has 1 N–H and O–H groups in total. The molecule has 5 heteroatoms. The van der Waals surface area contributed by atoms with Gasteiger partial charge in [-0.15, -0.1) is 11.3 Å². The van der Waals surface area contributed by atoms with Gasteiger partial charge in [0, 0.05) is 18.8 Å². The van der Waals surface area contributed by atoms with Gasteiger partial charge in [0.25, 0.3) is 0 Å². The van der Waals surface area contributed by atoms with E-state index in [1.165, 1.54) is 0 Å². The molecule has 4 nitrogen and oxygen atoms in total. The van der Waals surface area contributed by atoms with E-state index < -0.39 is 0 Å². The summed E-state index contributed by atoms with van der Waals surface area (Å²) in [5.74, 6) is 0.853. The zero-order valence-electron chi connectivity index (χ0n) is 10.7. The molecule has 0 spiro atoms. The van der Waals surface area contributed by atoms with Gasteiger partial charge >= 0.3 is 0 Å². The number of ether oxygens (including phenoxy) is 1. The molecule has 0 aliphatic heterocycles. The highest BCUT2D eigenvalue weighted by Gasteiger charge is 2.10. The van der Waals surface area contributed by atoms with E-state index in [4.69, 9.17) is 4.74 Å². The monoisotopic (exact) mass is 271 g/mol. The molecule has 0 unspecified atom stereocenters. The van der Waals surface area contributed by atoms with Gasteiger partial charge in [-0.3, -0.25) is 4.98 Å². The average molecular weight is 271 g/mol.